The molecular formula is C22H15Cl3N6S. The fourth-order valence-corrected chi connectivity index (χ4v) is 4.79. The Hall–Kier alpha value is -2.71. The lowest BCUT2D eigenvalue weighted by Gasteiger charge is -2.11. The van der Waals surface area contributed by atoms with Gasteiger partial charge in [0.25, 0.3) is 0 Å². The van der Waals surface area contributed by atoms with Crippen molar-refractivity contribution in [3.8, 4) is 28.5 Å². The molecule has 0 aliphatic rings. The lowest BCUT2D eigenvalue weighted by Crippen LogP contribution is -2.05. The lowest BCUT2D eigenvalue weighted by atomic mass is 10.1. The molecule has 0 amide bonds. The van der Waals surface area contributed by atoms with Crippen LogP contribution in [-0.4, -0.2) is 30.0 Å². The zero-order valence-electron chi connectivity index (χ0n) is 16.7. The summed E-state index contributed by atoms with van der Waals surface area (Å²) in [6.45, 7) is 2.55. The minimum atomic E-state index is 0.486. The number of benzene rings is 2. The first-order chi connectivity index (χ1) is 15.5. The van der Waals surface area contributed by atoms with E-state index in [9.17, 15) is 0 Å². The van der Waals surface area contributed by atoms with Crippen molar-refractivity contribution in [2.45, 2.75) is 13.5 Å². The minimum absolute atomic E-state index is 0.486. The molecule has 5 aromatic rings. The predicted octanol–water partition coefficient (Wildman–Crippen LogP) is 6.57. The lowest BCUT2D eigenvalue weighted by molar-refractivity contribution is 0.652. The molecular weight excluding hydrogens is 487 g/mol. The summed E-state index contributed by atoms with van der Waals surface area (Å²) in [5.41, 5.74) is 5.21. The van der Waals surface area contributed by atoms with Gasteiger partial charge in [-0.25, -0.2) is 9.36 Å². The van der Waals surface area contributed by atoms with Crippen LogP contribution in [0.1, 0.15) is 11.1 Å². The van der Waals surface area contributed by atoms with E-state index < -0.39 is 0 Å². The smallest absolute Gasteiger partial charge is 0.203 e. The van der Waals surface area contributed by atoms with Crippen molar-refractivity contribution in [1.29, 1.82) is 0 Å². The second-order valence-electron chi connectivity index (χ2n) is 7.13. The Morgan fingerprint density at radius 2 is 1.75 bits per heavy atom. The number of nitrogens with zero attached hydrogens (tertiary/aromatic N) is 6. The van der Waals surface area contributed by atoms with Gasteiger partial charge in [0.15, 0.2) is 0 Å². The summed E-state index contributed by atoms with van der Waals surface area (Å²) in [6, 6.07) is 15.0. The second kappa shape index (κ2) is 8.67. The van der Waals surface area contributed by atoms with Gasteiger partial charge in [-0.05, 0) is 70.1 Å². The molecule has 0 aliphatic carbocycles. The maximum Gasteiger partial charge on any atom is 0.203 e. The number of thiophene rings is 1. The normalized spacial score (nSPS) is 11.2. The Labute approximate surface area is 203 Å². The molecule has 32 heavy (non-hydrogen) atoms. The van der Waals surface area contributed by atoms with Crippen LogP contribution in [0, 0.1) is 6.92 Å². The van der Waals surface area contributed by atoms with E-state index in [4.69, 9.17) is 39.9 Å². The largest absolute Gasteiger partial charge is 0.231 e. The Kier molecular flexibility index (Phi) is 5.73. The van der Waals surface area contributed by atoms with Gasteiger partial charge in [-0.3, -0.25) is 0 Å². The van der Waals surface area contributed by atoms with Crippen molar-refractivity contribution < 1.29 is 0 Å². The highest BCUT2D eigenvalue weighted by atomic mass is 35.5. The van der Waals surface area contributed by atoms with E-state index in [0.29, 0.717) is 38.8 Å². The molecule has 2 aromatic carbocycles. The molecule has 0 unspecified atom stereocenters. The molecule has 0 atom stereocenters. The average molecular weight is 502 g/mol. The van der Waals surface area contributed by atoms with Crippen molar-refractivity contribution in [2.75, 3.05) is 0 Å². The molecule has 0 radical (unpaired) electrons. The van der Waals surface area contributed by atoms with E-state index in [1.807, 2.05) is 48.7 Å². The summed E-state index contributed by atoms with van der Waals surface area (Å²) in [5, 5.41) is 23.0. The number of halogens is 3. The molecule has 0 bridgehead atoms. The summed E-state index contributed by atoms with van der Waals surface area (Å²) in [6.07, 6.45) is 0. The highest BCUT2D eigenvalue weighted by Crippen LogP contribution is 2.36. The summed E-state index contributed by atoms with van der Waals surface area (Å²) in [5.74, 6) is 0.577. The molecule has 0 spiro atoms. The maximum absolute atomic E-state index is 6.55. The molecule has 3 heterocycles. The molecule has 0 N–H and O–H groups in total. The molecule has 6 nitrogen and oxygen atoms in total. The van der Waals surface area contributed by atoms with Gasteiger partial charge in [0.1, 0.15) is 5.69 Å². The van der Waals surface area contributed by atoms with Gasteiger partial charge in [-0.2, -0.15) is 16.4 Å². The fourth-order valence-electron chi connectivity index (χ4n) is 3.52. The second-order valence-corrected chi connectivity index (χ2v) is 9.19. The number of aromatic nitrogens is 6. The summed E-state index contributed by atoms with van der Waals surface area (Å²) in [7, 11) is 0. The third kappa shape index (κ3) is 3.93. The van der Waals surface area contributed by atoms with E-state index in [-0.39, 0.29) is 0 Å². The Bertz CT molecular complexity index is 1390. The van der Waals surface area contributed by atoms with Crippen LogP contribution in [0.5, 0.6) is 0 Å². The standard InChI is InChI=1S/C22H15Cl3N6S/c1-13-20(22-26-28-29-30(22)11-14-8-9-32-12-14)27-31(19-7-6-17(24)10-18(19)25)21(13)15-2-4-16(23)5-3-15/h2-10,12H,11H2,1H3. The first kappa shape index (κ1) is 21.2. The molecule has 0 saturated carbocycles. The average Bonchev–Trinajstić information content (AvgIpc) is 3.50. The molecule has 0 aliphatic heterocycles. The zero-order chi connectivity index (χ0) is 22.2. The van der Waals surface area contributed by atoms with Gasteiger partial charge in [0.2, 0.25) is 5.82 Å². The van der Waals surface area contributed by atoms with Crippen LogP contribution >= 0.6 is 46.1 Å². The number of hydrogen-bond acceptors (Lipinski definition) is 5. The number of rotatable bonds is 5. The van der Waals surface area contributed by atoms with Crippen LogP contribution in [0.3, 0.4) is 0 Å². The molecule has 0 fully saturated rings. The topological polar surface area (TPSA) is 61.4 Å². The molecule has 5 rings (SSSR count). The van der Waals surface area contributed by atoms with Crippen molar-refractivity contribution in [1.82, 2.24) is 30.0 Å². The van der Waals surface area contributed by atoms with Crippen LogP contribution < -0.4 is 0 Å². The SMILES string of the molecule is Cc1c(-c2nnnn2Cc2ccsc2)nn(-c2ccc(Cl)cc2Cl)c1-c1ccc(Cl)cc1. The van der Waals surface area contributed by atoms with Crippen molar-refractivity contribution in [3.63, 3.8) is 0 Å². The molecule has 3 aromatic heterocycles. The molecule has 0 saturated heterocycles. The van der Waals surface area contributed by atoms with Gasteiger partial charge in [0, 0.05) is 21.2 Å². The Balaban J connectivity index is 1.71. The highest BCUT2D eigenvalue weighted by Gasteiger charge is 2.23. The van der Waals surface area contributed by atoms with Crippen LogP contribution in [0.25, 0.3) is 28.5 Å². The minimum Gasteiger partial charge on any atom is -0.231 e. The van der Waals surface area contributed by atoms with Crippen molar-refractivity contribution >= 4 is 46.1 Å². The summed E-state index contributed by atoms with van der Waals surface area (Å²) < 4.78 is 3.55. The summed E-state index contributed by atoms with van der Waals surface area (Å²) >= 11 is 20.4. The Morgan fingerprint density at radius 1 is 0.969 bits per heavy atom. The number of hydrogen-bond donors (Lipinski definition) is 0. The van der Waals surface area contributed by atoms with Crippen LogP contribution in [-0.2, 0) is 6.54 Å². The van der Waals surface area contributed by atoms with E-state index >= 15 is 0 Å². The Morgan fingerprint density at radius 3 is 2.47 bits per heavy atom. The zero-order valence-corrected chi connectivity index (χ0v) is 19.8. The third-order valence-electron chi connectivity index (χ3n) is 5.03. The molecule has 10 heteroatoms. The predicted molar refractivity (Wildman–Crippen MR) is 129 cm³/mol. The quantitative estimate of drug-likeness (QED) is 0.273. The number of tetrazole rings is 1. The van der Waals surface area contributed by atoms with E-state index in [1.54, 1.807) is 32.8 Å². The van der Waals surface area contributed by atoms with Crippen LogP contribution in [0.4, 0.5) is 0 Å². The van der Waals surface area contributed by atoms with Crippen molar-refractivity contribution in [2.24, 2.45) is 0 Å². The van der Waals surface area contributed by atoms with Crippen LogP contribution in [0.2, 0.25) is 15.1 Å². The monoisotopic (exact) mass is 500 g/mol. The van der Waals surface area contributed by atoms with Gasteiger partial charge in [0.05, 0.1) is 22.9 Å². The van der Waals surface area contributed by atoms with Gasteiger partial charge in [-0.15, -0.1) is 5.10 Å². The van der Waals surface area contributed by atoms with Gasteiger partial charge >= 0.3 is 0 Å². The van der Waals surface area contributed by atoms with E-state index in [2.05, 4.69) is 20.9 Å². The van der Waals surface area contributed by atoms with E-state index in [1.165, 1.54) is 0 Å². The maximum atomic E-state index is 6.55. The first-order valence-corrected chi connectivity index (χ1v) is 11.7. The highest BCUT2D eigenvalue weighted by molar-refractivity contribution is 7.07. The van der Waals surface area contributed by atoms with Gasteiger partial charge in [-0.1, -0.05) is 46.9 Å². The first-order valence-electron chi connectivity index (χ1n) is 9.60. The third-order valence-corrected chi connectivity index (χ3v) is 6.56. The summed E-state index contributed by atoms with van der Waals surface area (Å²) in [4.78, 5) is 0. The van der Waals surface area contributed by atoms with Gasteiger partial charge < -0.3 is 0 Å². The van der Waals surface area contributed by atoms with Crippen LogP contribution in [0.15, 0.2) is 59.3 Å². The van der Waals surface area contributed by atoms with Crippen molar-refractivity contribution in [3.05, 3.63) is 85.5 Å². The molecule has 160 valence electrons. The fraction of sp³-hybridized carbons (Fsp3) is 0.0909. The van der Waals surface area contributed by atoms with E-state index in [0.717, 1.165) is 22.4 Å².